The van der Waals surface area contributed by atoms with Gasteiger partial charge in [-0.25, -0.2) is 0 Å². The summed E-state index contributed by atoms with van der Waals surface area (Å²) in [5, 5.41) is 17.3. The zero-order chi connectivity index (χ0) is 18.1. The van der Waals surface area contributed by atoms with Gasteiger partial charge in [0.05, 0.1) is 17.3 Å². The summed E-state index contributed by atoms with van der Waals surface area (Å²) in [5.74, 6) is -0.116. The van der Waals surface area contributed by atoms with E-state index in [0.29, 0.717) is 10.6 Å². The number of hydrogen-bond acceptors (Lipinski definition) is 3. The van der Waals surface area contributed by atoms with Crippen LogP contribution < -0.4 is 10.6 Å². The van der Waals surface area contributed by atoms with Gasteiger partial charge < -0.3 is 10.3 Å². The van der Waals surface area contributed by atoms with E-state index in [1.807, 2.05) is 24.3 Å². The first-order valence-electron chi connectivity index (χ1n) is 8.47. The second kappa shape index (κ2) is 5.10. The number of rotatable bonds is 0. The molecule has 2 unspecified atom stereocenters. The zero-order valence-electron chi connectivity index (χ0n) is 14.0. The van der Waals surface area contributed by atoms with Gasteiger partial charge in [0.2, 0.25) is 0 Å². The topological polar surface area (TPSA) is 80.7 Å². The van der Waals surface area contributed by atoms with Crippen molar-refractivity contribution >= 4 is 34.1 Å². The molecule has 128 valence electrons. The molecule has 0 bridgehead atoms. The molecule has 1 aromatic heterocycles. The fraction of sp³-hybridized carbons (Fsp3) is 0.200. The number of anilines is 1. The molecule has 0 fully saturated rings. The van der Waals surface area contributed by atoms with Gasteiger partial charge in [-0.2, -0.15) is 5.26 Å². The number of carbonyl (C=O) groups is 1. The Bertz CT molecular complexity index is 1140. The van der Waals surface area contributed by atoms with Crippen LogP contribution in [-0.4, -0.2) is 16.9 Å². The Morgan fingerprint density at radius 1 is 1.27 bits per heavy atom. The lowest BCUT2D eigenvalue weighted by Gasteiger charge is -2.37. The summed E-state index contributed by atoms with van der Waals surface area (Å²) in [5.41, 5.74) is 4.04. The number of aromatic amines is 1. The summed E-state index contributed by atoms with van der Waals surface area (Å²) < 4.78 is 0. The van der Waals surface area contributed by atoms with Gasteiger partial charge in [0.25, 0.3) is 5.91 Å². The largest absolute Gasteiger partial charge is 0.356 e. The van der Waals surface area contributed by atoms with Gasteiger partial charge in [0.15, 0.2) is 5.54 Å². The summed E-state index contributed by atoms with van der Waals surface area (Å²) in [7, 11) is 0. The molecule has 5 nitrogen and oxygen atoms in total. The first kappa shape index (κ1) is 15.4. The normalized spacial score (nSPS) is 23.6. The molecule has 0 saturated heterocycles. The molecule has 3 aromatic rings. The molecule has 3 N–H and O–H groups in total. The van der Waals surface area contributed by atoms with Gasteiger partial charge in [0, 0.05) is 33.2 Å². The molecule has 3 heterocycles. The first-order chi connectivity index (χ1) is 12.5. The van der Waals surface area contributed by atoms with Crippen LogP contribution in [-0.2, 0) is 16.8 Å². The van der Waals surface area contributed by atoms with E-state index in [-0.39, 0.29) is 11.9 Å². The Hall–Kier alpha value is -2.81. The highest BCUT2D eigenvalue weighted by molar-refractivity contribution is 6.31. The summed E-state index contributed by atoms with van der Waals surface area (Å²) in [6.07, 6.45) is 0.773. The van der Waals surface area contributed by atoms with Crippen molar-refractivity contribution in [3.8, 4) is 6.07 Å². The van der Waals surface area contributed by atoms with Crippen molar-refractivity contribution in [3.05, 3.63) is 63.8 Å². The van der Waals surface area contributed by atoms with Crippen molar-refractivity contribution < 1.29 is 4.79 Å². The minimum Gasteiger partial charge on any atom is -0.356 e. The highest BCUT2D eigenvalue weighted by Gasteiger charge is 2.53. The Balaban J connectivity index is 1.86. The molecule has 1 amide bonds. The summed E-state index contributed by atoms with van der Waals surface area (Å²) in [6, 6.07) is 13.3. The van der Waals surface area contributed by atoms with Gasteiger partial charge in [-0.05, 0) is 55.3 Å². The summed E-state index contributed by atoms with van der Waals surface area (Å²) >= 11 is 6.24. The quantitative estimate of drug-likeness (QED) is 0.573. The van der Waals surface area contributed by atoms with Crippen LogP contribution in [0.1, 0.15) is 29.3 Å². The van der Waals surface area contributed by atoms with Crippen molar-refractivity contribution in [2.75, 3.05) is 5.32 Å². The number of H-pyrrole nitrogens is 1. The number of aromatic nitrogens is 1. The monoisotopic (exact) mass is 362 g/mol. The molecule has 26 heavy (non-hydrogen) atoms. The fourth-order valence-corrected chi connectivity index (χ4v) is 4.49. The number of carbonyl (C=O) groups excluding carboxylic acids is 1. The highest BCUT2D eigenvalue weighted by Crippen LogP contribution is 2.46. The number of nitrogens with zero attached hydrogens (tertiary/aromatic N) is 1. The van der Waals surface area contributed by atoms with Crippen LogP contribution in [0.15, 0.2) is 36.4 Å². The van der Waals surface area contributed by atoms with Crippen molar-refractivity contribution in [2.45, 2.75) is 24.9 Å². The van der Waals surface area contributed by atoms with Crippen molar-refractivity contribution in [2.24, 2.45) is 0 Å². The van der Waals surface area contributed by atoms with Gasteiger partial charge in [-0.1, -0.05) is 11.6 Å². The SMILES string of the molecule is CC1Cc2c([nH]c3ccc(C#N)cc23)C2(N1)C(=O)Nc1ccc(Cl)cc12. The van der Waals surface area contributed by atoms with Gasteiger partial charge in [-0.3, -0.25) is 10.1 Å². The maximum Gasteiger partial charge on any atom is 0.255 e. The van der Waals surface area contributed by atoms with Crippen molar-refractivity contribution in [1.29, 1.82) is 5.26 Å². The lowest BCUT2D eigenvalue weighted by Crippen LogP contribution is -2.56. The maximum absolute atomic E-state index is 13.1. The minimum absolute atomic E-state index is 0.0860. The van der Waals surface area contributed by atoms with E-state index in [1.54, 1.807) is 12.1 Å². The Labute approximate surface area is 155 Å². The molecular weight excluding hydrogens is 348 g/mol. The molecule has 6 heteroatoms. The minimum atomic E-state index is -1.00. The van der Waals surface area contributed by atoms with Crippen molar-refractivity contribution in [3.63, 3.8) is 0 Å². The fourth-order valence-electron chi connectivity index (χ4n) is 4.31. The van der Waals surface area contributed by atoms with Crippen LogP contribution in [0.2, 0.25) is 5.02 Å². The van der Waals surface area contributed by atoms with E-state index < -0.39 is 5.54 Å². The number of fused-ring (bicyclic) bond motifs is 6. The molecule has 2 aliphatic rings. The van der Waals surface area contributed by atoms with E-state index in [4.69, 9.17) is 11.6 Å². The van der Waals surface area contributed by atoms with Crippen LogP contribution in [0.4, 0.5) is 5.69 Å². The van der Waals surface area contributed by atoms with Crippen LogP contribution in [0, 0.1) is 11.3 Å². The molecule has 0 aliphatic carbocycles. The number of nitrogens with one attached hydrogen (secondary N) is 3. The third-order valence-electron chi connectivity index (χ3n) is 5.36. The van der Waals surface area contributed by atoms with Crippen LogP contribution >= 0.6 is 11.6 Å². The number of nitriles is 1. The van der Waals surface area contributed by atoms with Gasteiger partial charge >= 0.3 is 0 Å². The molecule has 2 atom stereocenters. The zero-order valence-corrected chi connectivity index (χ0v) is 14.7. The molecule has 2 aliphatic heterocycles. The third kappa shape index (κ3) is 1.86. The Morgan fingerprint density at radius 2 is 2.12 bits per heavy atom. The van der Waals surface area contributed by atoms with E-state index >= 15 is 0 Å². The standard InChI is InChI=1S/C20H15ClN4O/c1-10-6-14-13-7-11(9-22)2-4-16(13)23-18(14)20(25-10)15-8-12(21)3-5-17(15)24-19(20)26/h2-5,7-8,10,23,25H,6H2,1H3,(H,24,26). The highest BCUT2D eigenvalue weighted by atomic mass is 35.5. The Morgan fingerprint density at radius 3 is 2.92 bits per heavy atom. The molecule has 0 radical (unpaired) electrons. The smallest absolute Gasteiger partial charge is 0.255 e. The number of amides is 1. The van der Waals surface area contributed by atoms with Crippen LogP contribution in [0.3, 0.4) is 0 Å². The average Bonchev–Trinajstić information content (AvgIpc) is 3.12. The van der Waals surface area contributed by atoms with E-state index in [0.717, 1.165) is 39.8 Å². The third-order valence-corrected chi connectivity index (χ3v) is 5.59. The summed E-state index contributed by atoms with van der Waals surface area (Å²) in [4.78, 5) is 16.6. The Kier molecular flexibility index (Phi) is 3.03. The van der Waals surface area contributed by atoms with Crippen LogP contribution in [0.5, 0.6) is 0 Å². The number of hydrogen-bond donors (Lipinski definition) is 3. The molecule has 1 spiro atoms. The molecular formula is C20H15ClN4O. The number of halogens is 1. The predicted molar refractivity (Wildman–Crippen MR) is 100 cm³/mol. The first-order valence-corrected chi connectivity index (χ1v) is 8.85. The maximum atomic E-state index is 13.1. The second-order valence-corrected chi connectivity index (χ2v) is 7.43. The molecule has 5 rings (SSSR count). The lowest BCUT2D eigenvalue weighted by molar-refractivity contribution is -0.121. The van der Waals surface area contributed by atoms with Crippen molar-refractivity contribution in [1.82, 2.24) is 10.3 Å². The summed E-state index contributed by atoms with van der Waals surface area (Å²) in [6.45, 7) is 2.06. The molecule has 0 saturated carbocycles. The van der Waals surface area contributed by atoms with Gasteiger partial charge in [0.1, 0.15) is 0 Å². The van der Waals surface area contributed by atoms with E-state index in [9.17, 15) is 10.1 Å². The molecule has 2 aromatic carbocycles. The number of benzene rings is 2. The van der Waals surface area contributed by atoms with E-state index in [2.05, 4.69) is 28.6 Å². The average molecular weight is 363 g/mol. The second-order valence-electron chi connectivity index (χ2n) is 6.99. The van der Waals surface area contributed by atoms with Crippen LogP contribution in [0.25, 0.3) is 10.9 Å². The van der Waals surface area contributed by atoms with E-state index in [1.165, 1.54) is 0 Å². The predicted octanol–water partition coefficient (Wildman–Crippen LogP) is 3.42. The van der Waals surface area contributed by atoms with Gasteiger partial charge in [-0.15, -0.1) is 0 Å². The lowest BCUT2D eigenvalue weighted by atomic mass is 9.80.